The lowest BCUT2D eigenvalue weighted by Gasteiger charge is -2.34. The van der Waals surface area contributed by atoms with Crippen molar-refractivity contribution in [3.05, 3.63) is 228 Å². The number of rotatable bonds is 20. The summed E-state index contributed by atoms with van der Waals surface area (Å²) in [4.78, 5) is 106. The molecule has 145 heavy (non-hydrogen) atoms. The van der Waals surface area contributed by atoms with Gasteiger partial charge in [-0.2, -0.15) is 0 Å². The van der Waals surface area contributed by atoms with Crippen molar-refractivity contribution in [1.82, 2.24) is 51.4 Å². The molecule has 6 atom stereocenters. The van der Waals surface area contributed by atoms with Gasteiger partial charge in [0, 0.05) is 98.6 Å². The highest BCUT2D eigenvalue weighted by Gasteiger charge is 2.48. The standard InChI is InChI=1S/2C18H19ClFN5O4S.2C17H18ClFN6O4S.C15H21FN4O4S/c2*1-18(9-30(27,28)25(2)17(21)24-18)12-6-10(7-13(19)15(12)20)23-16(26)14-5-4-11(29-3)8-22-14;2*1-17(8-30(27,28)25(2)16(20)24-17)10-4-9(5-11(18)14(10)19)23-15(26)12-6-22-13(29-3)7-21-12;1-9(24-4)13(21)18-10-5-6-12(16)11(7-10)15(2)8-25(22,23)20(3)14(17)19-15/h2*4-8H,9H2,1-3H3,(H2,21,24)(H,23,26);2*4-7H,8H2,1-3H3,(H2,20,24)(H,23,26);5-7,9H,8H2,1-4H3,(H2,17,19)(H,18,21)/t2*18-;2*17-;9-,15-/m00000/s1/i3D3;;3D3;;. The lowest BCUT2D eigenvalue weighted by Crippen LogP contribution is -2.50. The molecule has 778 valence electrons. The number of hydrogen-bond acceptors (Lipinski definition) is 36. The summed E-state index contributed by atoms with van der Waals surface area (Å²) in [6, 6.07) is 19.0. The van der Waals surface area contributed by atoms with Gasteiger partial charge in [-0.15, -0.1) is 0 Å². The van der Waals surface area contributed by atoms with Gasteiger partial charge in [0.05, 0.1) is 123 Å². The fourth-order valence-electron chi connectivity index (χ4n) is 14.0. The highest BCUT2D eigenvalue weighted by molar-refractivity contribution is 7.91. The van der Waals surface area contributed by atoms with Gasteiger partial charge in [-0.1, -0.05) is 46.4 Å². The molecule has 0 saturated heterocycles. The Hall–Kier alpha value is -14.0. The molecule has 5 aliphatic rings. The first-order valence-electron chi connectivity index (χ1n) is 44.1. The number of ether oxygens (including phenoxy) is 5. The van der Waals surface area contributed by atoms with Crippen molar-refractivity contribution in [3.63, 3.8) is 0 Å². The highest BCUT2D eigenvalue weighted by Crippen LogP contribution is 2.44. The second-order valence-electron chi connectivity index (χ2n) is 32.8. The first-order valence-corrected chi connectivity index (χ1v) is 50.7. The number of nitrogens with one attached hydrogen (secondary N) is 5. The molecular weight excluding hydrogens is 2100 g/mol. The minimum atomic E-state index is -3.88. The van der Waals surface area contributed by atoms with Crippen LogP contribution in [0, 0.1) is 29.1 Å². The van der Waals surface area contributed by atoms with Crippen molar-refractivity contribution in [2.75, 3.05) is 126 Å². The zero-order valence-corrected chi connectivity index (χ0v) is 85.5. The third kappa shape index (κ3) is 25.7. The summed E-state index contributed by atoms with van der Waals surface area (Å²) in [5.41, 5.74) is 20.7. The van der Waals surface area contributed by atoms with E-state index in [-0.39, 0.29) is 141 Å². The number of benzene rings is 5. The number of guanidine groups is 5. The molecule has 0 spiro atoms. The summed E-state index contributed by atoms with van der Waals surface area (Å²) in [7, 11) is -14.0. The number of aliphatic imine (C=N–C) groups is 5. The van der Waals surface area contributed by atoms with E-state index in [9.17, 15) is 88.0 Å². The van der Waals surface area contributed by atoms with E-state index in [1.165, 1.54) is 177 Å². The number of nitrogens with two attached hydrogens (primary N) is 5. The van der Waals surface area contributed by atoms with Crippen LogP contribution in [0.25, 0.3) is 0 Å². The Balaban J connectivity index is 0.000000193. The molecule has 0 unspecified atom stereocenters. The van der Waals surface area contributed by atoms with Gasteiger partial charge in [0.1, 0.15) is 97.2 Å². The largest absolute Gasteiger partial charge is 0.495 e. The molecule has 5 aliphatic heterocycles. The van der Waals surface area contributed by atoms with E-state index in [0.717, 1.165) is 58.3 Å². The molecule has 4 aromatic heterocycles. The van der Waals surface area contributed by atoms with Crippen molar-refractivity contribution >= 4 is 184 Å². The van der Waals surface area contributed by atoms with Crippen LogP contribution in [0.15, 0.2) is 153 Å². The van der Waals surface area contributed by atoms with Gasteiger partial charge in [-0.3, -0.25) is 24.0 Å². The fraction of sp³-hybridized carbons (Fsp3) is 0.318. The number of amides is 5. The zero-order chi connectivity index (χ0) is 113. The van der Waals surface area contributed by atoms with E-state index in [1.807, 2.05) is 0 Å². The number of methoxy groups -OCH3 is 5. The van der Waals surface area contributed by atoms with Crippen molar-refractivity contribution in [3.8, 4) is 23.3 Å². The summed E-state index contributed by atoms with van der Waals surface area (Å²) < 4.78 is 268. The summed E-state index contributed by atoms with van der Waals surface area (Å²) >= 11 is 24.0. The second kappa shape index (κ2) is 43.9. The van der Waals surface area contributed by atoms with Crippen LogP contribution in [0.5, 0.6) is 23.3 Å². The summed E-state index contributed by atoms with van der Waals surface area (Å²) in [5, 5.41) is 11.2. The number of aromatic nitrogens is 6. The van der Waals surface area contributed by atoms with Crippen LogP contribution in [-0.4, -0.2) is 258 Å². The van der Waals surface area contributed by atoms with E-state index in [4.69, 9.17) is 97.5 Å². The molecule has 0 radical (unpaired) electrons. The van der Waals surface area contributed by atoms with E-state index >= 15 is 0 Å². The van der Waals surface area contributed by atoms with Crippen molar-refractivity contribution in [1.29, 1.82) is 0 Å². The third-order valence-electron chi connectivity index (χ3n) is 22.2. The maximum Gasteiger partial charge on any atom is 0.275 e. The number of carbonyl (C=O) groups excluding carboxylic acids is 5. The van der Waals surface area contributed by atoms with Crippen molar-refractivity contribution in [2.45, 2.75) is 75.3 Å². The average molecular weight is 2200 g/mol. The van der Waals surface area contributed by atoms with E-state index in [1.54, 1.807) is 13.0 Å². The maximum atomic E-state index is 14.9. The molecule has 0 bridgehead atoms. The van der Waals surface area contributed by atoms with E-state index in [0.29, 0.717) is 11.4 Å². The van der Waals surface area contributed by atoms with Crippen LogP contribution in [0.3, 0.4) is 0 Å². The predicted molar refractivity (Wildman–Crippen MR) is 530 cm³/mol. The van der Waals surface area contributed by atoms with Gasteiger partial charge in [0.25, 0.3) is 29.5 Å². The molecule has 15 N–H and O–H groups in total. The maximum absolute atomic E-state index is 14.9. The van der Waals surface area contributed by atoms with Gasteiger partial charge in [-0.05, 0) is 133 Å². The number of carbonyl (C=O) groups is 5. The number of anilines is 5. The average Bonchev–Trinajstić information content (AvgIpc) is 0.760. The Bertz CT molecular complexity index is 7270. The topological polar surface area (TPSA) is 648 Å². The Morgan fingerprint density at radius 3 is 0.876 bits per heavy atom. The smallest absolute Gasteiger partial charge is 0.275 e. The first-order chi connectivity index (χ1) is 69.6. The number of nitrogens with zero attached hydrogens (tertiary/aromatic N) is 16. The molecule has 0 fully saturated rings. The lowest BCUT2D eigenvalue weighted by molar-refractivity contribution is -0.124. The van der Waals surface area contributed by atoms with Crippen LogP contribution < -0.4 is 74.2 Å². The molecular formula is C85H95Cl4F5N26O20S5. The molecule has 9 aromatic rings. The van der Waals surface area contributed by atoms with Crippen molar-refractivity contribution in [2.24, 2.45) is 53.6 Å². The fourth-order valence-corrected chi connectivity index (χ4v) is 22.2. The number of hydrogen-bond donors (Lipinski definition) is 10. The molecule has 0 aliphatic carbocycles. The third-order valence-corrected chi connectivity index (χ3v) is 33.0. The Morgan fingerprint density at radius 1 is 0.359 bits per heavy atom. The molecule has 5 amide bonds. The quantitative estimate of drug-likeness (QED) is 0.0338. The normalized spacial score (nSPS) is 21.8. The molecule has 0 saturated carbocycles. The number of sulfonamides is 5. The van der Waals surface area contributed by atoms with Crippen LogP contribution in [0.1, 0.15) is 120 Å². The second-order valence-corrected chi connectivity index (χ2v) is 44.5. The van der Waals surface area contributed by atoms with Crippen LogP contribution >= 0.6 is 46.4 Å². The number of pyridine rings is 2. The van der Waals surface area contributed by atoms with Crippen LogP contribution in [0.4, 0.5) is 50.4 Å². The molecule has 46 nitrogen and oxygen atoms in total. The number of halogens is 9. The van der Waals surface area contributed by atoms with Gasteiger partial charge in [-0.25, -0.2) is 140 Å². The van der Waals surface area contributed by atoms with E-state index < -0.39 is 185 Å². The molecule has 5 aromatic carbocycles. The van der Waals surface area contributed by atoms with Gasteiger partial charge < -0.3 is 78.9 Å². The minimum Gasteiger partial charge on any atom is -0.495 e. The first kappa shape index (κ1) is 104. The minimum absolute atomic E-state index is 0.0202. The van der Waals surface area contributed by atoms with Gasteiger partial charge >= 0.3 is 0 Å². The van der Waals surface area contributed by atoms with Gasteiger partial charge in [0.15, 0.2) is 0 Å². The molecule has 60 heteroatoms. The Kier molecular flexibility index (Phi) is 31.4. The highest BCUT2D eigenvalue weighted by atomic mass is 35.5. The zero-order valence-electron chi connectivity index (χ0n) is 84.4. The monoisotopic (exact) mass is 2200 g/mol. The molecule has 9 heterocycles. The lowest BCUT2D eigenvalue weighted by atomic mass is 9.93. The van der Waals surface area contributed by atoms with Crippen LogP contribution in [0.2, 0.25) is 20.1 Å². The SMILES string of the molecule is CO[C@@H](C)C(=O)Nc1ccc(F)c([C@]2(C)CS(=O)(=O)N(C)C(N)=N2)c1.COc1ccc(C(=O)Nc2cc(Cl)c(F)c([C@]3(C)CS(=O)(=O)N(C)C(N)=N3)c2)nc1.COc1cnc(C(=O)Nc2cc(Cl)c(F)c([C@]3(C)CS(=O)(=O)N(C)C(N)=N3)c2)cn1.[2H]C([2H])([2H])Oc1ccc(C(=O)Nc2cc(Cl)c(F)c([C@]3(C)CS(=O)(=O)N(C)C(N)=N3)c2)nc1.[2H]C([2H])([2H])Oc1cnc(C(=O)Nc2cc(Cl)c(F)c([C@]3(C)CS(=O)(=O)N(C)C(N)=N3)c2)cn1. The van der Waals surface area contributed by atoms with Crippen molar-refractivity contribution < 1.29 is 120 Å². The van der Waals surface area contributed by atoms with Gasteiger partial charge in [0.2, 0.25) is 91.7 Å². The Morgan fingerprint density at radius 2 is 0.628 bits per heavy atom. The van der Waals surface area contributed by atoms with Crippen LogP contribution in [-0.2, 0) is 87.3 Å². The van der Waals surface area contributed by atoms with E-state index in [2.05, 4.69) is 90.9 Å². The summed E-state index contributed by atoms with van der Waals surface area (Å²) in [5.74, 6) is -11.1. The summed E-state index contributed by atoms with van der Waals surface area (Å²) in [6.45, 7) is 8.65. The molecule has 14 rings (SSSR count). The summed E-state index contributed by atoms with van der Waals surface area (Å²) in [6.07, 6.45) is 6.15. The Labute approximate surface area is 856 Å². The predicted octanol–water partition coefficient (Wildman–Crippen LogP) is 7.15.